The van der Waals surface area contributed by atoms with Gasteiger partial charge in [0.05, 0.1) is 31.1 Å². The summed E-state index contributed by atoms with van der Waals surface area (Å²) in [5.74, 6) is -2.53. The molecule has 0 spiro atoms. The number of nitrogens with zero attached hydrogens (tertiary/aromatic N) is 2. The molecule has 1 atom stereocenters. The molecule has 1 amide bonds. The molecule has 1 aromatic carbocycles. The van der Waals surface area contributed by atoms with Crippen molar-refractivity contribution in [2.45, 2.75) is 12.5 Å². The SMILES string of the molecule is O=C(C1=C(O)C(=O)N(CCCN2CCOCC2)[C@H]1c1ccccc1F)c1ccco1. The van der Waals surface area contributed by atoms with Crippen molar-refractivity contribution in [3.63, 3.8) is 0 Å². The molecule has 1 fully saturated rings. The minimum Gasteiger partial charge on any atom is -0.503 e. The number of benzene rings is 1. The number of amides is 1. The van der Waals surface area contributed by atoms with E-state index in [-0.39, 0.29) is 23.4 Å². The molecular weight excluding hydrogens is 391 g/mol. The average molecular weight is 414 g/mol. The third-order valence-corrected chi connectivity index (χ3v) is 5.47. The van der Waals surface area contributed by atoms with Gasteiger partial charge in [0.2, 0.25) is 5.78 Å². The minimum absolute atomic E-state index is 0.0131. The molecule has 30 heavy (non-hydrogen) atoms. The van der Waals surface area contributed by atoms with Crippen LogP contribution in [-0.2, 0) is 9.53 Å². The maximum absolute atomic E-state index is 14.7. The van der Waals surface area contributed by atoms with E-state index in [1.807, 2.05) is 0 Å². The Morgan fingerprint density at radius 1 is 1.13 bits per heavy atom. The Labute approximate surface area is 173 Å². The summed E-state index contributed by atoms with van der Waals surface area (Å²) in [4.78, 5) is 29.4. The fraction of sp³-hybridized carbons (Fsp3) is 0.364. The van der Waals surface area contributed by atoms with E-state index in [0.717, 1.165) is 19.6 Å². The van der Waals surface area contributed by atoms with E-state index < -0.39 is 29.3 Å². The predicted octanol–water partition coefficient (Wildman–Crippen LogP) is 2.72. The lowest BCUT2D eigenvalue weighted by atomic mass is 9.94. The lowest BCUT2D eigenvalue weighted by Crippen LogP contribution is -2.39. The molecule has 2 aliphatic heterocycles. The molecule has 1 N–H and O–H groups in total. The van der Waals surface area contributed by atoms with Crippen molar-refractivity contribution in [1.82, 2.24) is 9.80 Å². The zero-order valence-corrected chi connectivity index (χ0v) is 16.4. The molecule has 0 bridgehead atoms. The number of aliphatic hydroxyl groups excluding tert-OH is 1. The summed E-state index contributed by atoms with van der Waals surface area (Å²) in [7, 11) is 0. The van der Waals surface area contributed by atoms with Crippen LogP contribution < -0.4 is 0 Å². The van der Waals surface area contributed by atoms with Gasteiger partial charge >= 0.3 is 0 Å². The van der Waals surface area contributed by atoms with Gasteiger partial charge < -0.3 is 19.2 Å². The Kier molecular flexibility index (Phi) is 5.96. The van der Waals surface area contributed by atoms with Crippen LogP contribution in [0.5, 0.6) is 0 Å². The van der Waals surface area contributed by atoms with Crippen LogP contribution in [0.4, 0.5) is 4.39 Å². The molecule has 0 saturated carbocycles. The van der Waals surface area contributed by atoms with E-state index >= 15 is 0 Å². The van der Waals surface area contributed by atoms with Crippen molar-refractivity contribution in [3.8, 4) is 0 Å². The number of rotatable bonds is 7. The molecule has 8 heteroatoms. The largest absolute Gasteiger partial charge is 0.503 e. The Morgan fingerprint density at radius 3 is 2.60 bits per heavy atom. The van der Waals surface area contributed by atoms with Crippen LogP contribution in [0, 0.1) is 5.82 Å². The first-order valence-corrected chi connectivity index (χ1v) is 9.94. The molecule has 1 aromatic heterocycles. The minimum atomic E-state index is -1.01. The molecule has 0 radical (unpaired) electrons. The highest BCUT2D eigenvalue weighted by molar-refractivity contribution is 6.15. The van der Waals surface area contributed by atoms with E-state index in [4.69, 9.17) is 9.15 Å². The second kappa shape index (κ2) is 8.81. The molecule has 158 valence electrons. The van der Waals surface area contributed by atoms with Crippen molar-refractivity contribution < 1.29 is 28.2 Å². The van der Waals surface area contributed by atoms with Crippen molar-refractivity contribution in [2.24, 2.45) is 0 Å². The highest BCUT2D eigenvalue weighted by atomic mass is 19.1. The van der Waals surface area contributed by atoms with Crippen molar-refractivity contribution in [3.05, 3.63) is 71.1 Å². The Balaban J connectivity index is 1.61. The normalized spacial score (nSPS) is 20.2. The summed E-state index contributed by atoms with van der Waals surface area (Å²) in [5.41, 5.74) is 0.00241. The number of Topliss-reactive ketones (excluding diaryl/α,β-unsaturated/α-hetero) is 1. The first kappa shape index (κ1) is 20.3. The summed E-state index contributed by atoms with van der Waals surface area (Å²) in [5, 5.41) is 10.5. The number of halogens is 1. The zero-order valence-electron chi connectivity index (χ0n) is 16.4. The Morgan fingerprint density at radius 2 is 1.90 bits per heavy atom. The van der Waals surface area contributed by atoms with E-state index in [2.05, 4.69) is 4.90 Å². The Hall–Kier alpha value is -2.97. The molecule has 7 nitrogen and oxygen atoms in total. The summed E-state index contributed by atoms with van der Waals surface area (Å²) < 4.78 is 25.2. The van der Waals surface area contributed by atoms with Gasteiger partial charge in [0.1, 0.15) is 5.82 Å². The maximum Gasteiger partial charge on any atom is 0.290 e. The van der Waals surface area contributed by atoms with Gasteiger partial charge in [-0.15, -0.1) is 0 Å². The van der Waals surface area contributed by atoms with Crippen molar-refractivity contribution >= 4 is 11.7 Å². The second-order valence-electron chi connectivity index (χ2n) is 7.30. The molecular formula is C22H23FN2O5. The molecule has 3 heterocycles. The number of ether oxygens (including phenoxy) is 1. The third kappa shape index (κ3) is 3.88. The van der Waals surface area contributed by atoms with Gasteiger partial charge in [-0.25, -0.2) is 4.39 Å². The number of hydrogen-bond donors (Lipinski definition) is 1. The summed E-state index contributed by atoms with van der Waals surface area (Å²) in [6, 6.07) is 7.95. The molecule has 1 saturated heterocycles. The van der Waals surface area contributed by atoms with Crippen LogP contribution in [0.1, 0.15) is 28.6 Å². The van der Waals surface area contributed by atoms with Gasteiger partial charge in [-0.1, -0.05) is 18.2 Å². The van der Waals surface area contributed by atoms with Gasteiger partial charge in [-0.3, -0.25) is 14.5 Å². The molecule has 2 aliphatic rings. The lowest BCUT2D eigenvalue weighted by Gasteiger charge is -2.30. The predicted molar refractivity (Wildman–Crippen MR) is 105 cm³/mol. The first-order valence-electron chi connectivity index (χ1n) is 9.94. The molecule has 4 rings (SSSR count). The first-order chi connectivity index (χ1) is 14.6. The molecule has 0 unspecified atom stereocenters. The number of carbonyl (C=O) groups excluding carboxylic acids is 2. The average Bonchev–Trinajstić information content (AvgIpc) is 3.38. The van der Waals surface area contributed by atoms with Crippen LogP contribution in [-0.4, -0.2) is 66.0 Å². The van der Waals surface area contributed by atoms with Crippen LogP contribution in [0.25, 0.3) is 0 Å². The lowest BCUT2D eigenvalue weighted by molar-refractivity contribution is -0.129. The summed E-state index contributed by atoms with van der Waals surface area (Å²) in [6.45, 7) is 3.98. The number of hydrogen-bond acceptors (Lipinski definition) is 6. The standard InChI is InChI=1S/C22H23FN2O5/c23-16-6-2-1-5-15(16)19-18(20(26)17-7-3-12-30-17)21(27)22(28)25(19)9-4-8-24-10-13-29-14-11-24/h1-3,5-7,12,19,27H,4,8-11,13-14H2/t19-/m0/s1. The number of ketones is 1. The quantitative estimate of drug-likeness (QED) is 0.702. The fourth-order valence-electron chi connectivity index (χ4n) is 3.97. The monoisotopic (exact) mass is 414 g/mol. The van der Waals surface area contributed by atoms with E-state index in [1.54, 1.807) is 12.1 Å². The van der Waals surface area contributed by atoms with Crippen LogP contribution in [0.2, 0.25) is 0 Å². The maximum atomic E-state index is 14.7. The molecule has 2 aromatic rings. The van der Waals surface area contributed by atoms with E-state index in [9.17, 15) is 19.1 Å². The number of furan rings is 1. The number of carbonyl (C=O) groups is 2. The van der Waals surface area contributed by atoms with E-state index in [1.165, 1.54) is 35.4 Å². The number of aliphatic hydroxyl groups is 1. The van der Waals surface area contributed by atoms with Gasteiger partial charge in [0.15, 0.2) is 11.5 Å². The van der Waals surface area contributed by atoms with Gasteiger partial charge in [-0.05, 0) is 24.6 Å². The zero-order chi connectivity index (χ0) is 21.1. The fourth-order valence-corrected chi connectivity index (χ4v) is 3.97. The molecule has 0 aliphatic carbocycles. The van der Waals surface area contributed by atoms with Crippen molar-refractivity contribution in [2.75, 3.05) is 39.4 Å². The highest BCUT2D eigenvalue weighted by Crippen LogP contribution is 2.40. The van der Waals surface area contributed by atoms with Crippen LogP contribution in [0.3, 0.4) is 0 Å². The van der Waals surface area contributed by atoms with Gasteiger partial charge in [0, 0.05) is 31.7 Å². The third-order valence-electron chi connectivity index (χ3n) is 5.47. The topological polar surface area (TPSA) is 83.2 Å². The highest BCUT2D eigenvalue weighted by Gasteiger charge is 2.45. The second-order valence-corrected chi connectivity index (χ2v) is 7.30. The summed E-state index contributed by atoms with van der Waals surface area (Å²) in [6.07, 6.45) is 1.95. The Bertz CT molecular complexity index is 950. The van der Waals surface area contributed by atoms with Gasteiger partial charge in [0.25, 0.3) is 5.91 Å². The number of morpholine rings is 1. The van der Waals surface area contributed by atoms with Gasteiger partial charge in [-0.2, -0.15) is 0 Å². The smallest absolute Gasteiger partial charge is 0.290 e. The summed E-state index contributed by atoms with van der Waals surface area (Å²) >= 11 is 0. The van der Waals surface area contributed by atoms with E-state index in [0.29, 0.717) is 19.6 Å². The van der Waals surface area contributed by atoms with Crippen molar-refractivity contribution in [1.29, 1.82) is 0 Å². The van der Waals surface area contributed by atoms with Crippen LogP contribution in [0.15, 0.2) is 58.4 Å². The van der Waals surface area contributed by atoms with Crippen LogP contribution >= 0.6 is 0 Å².